The minimum atomic E-state index is -2.63. The largest absolute Gasteiger partial charge is 0.480 e. The van der Waals surface area contributed by atoms with E-state index in [0.717, 1.165) is 11.1 Å². The zero-order valence-corrected chi connectivity index (χ0v) is 74.0. The molecule has 0 saturated heterocycles. The highest BCUT2D eigenvalue weighted by atomic mass is 19.2. The number of aliphatic carboxylic acids is 1. The number of carboxylic acids is 1. The molecule has 12 amide bonds. The number of nitrogens with two attached hydrogens (primary N) is 7. The highest BCUT2D eigenvalue weighted by Crippen LogP contribution is 2.30. The molecule has 0 radical (unpaired) electrons. The number of rotatable bonds is 57. The van der Waals surface area contributed by atoms with Gasteiger partial charge in [0.1, 0.15) is 66.5 Å². The second kappa shape index (κ2) is 55.7. The molecule has 12 atom stereocenters. The number of nitrogens with one attached hydrogen (secondary N) is 22. The number of hydrogen-bond acceptors (Lipinski definition) is 21. The lowest BCUT2D eigenvalue weighted by Gasteiger charge is -2.30. The smallest absolute Gasteiger partial charge is 0.326 e. The number of para-hydroxylation sites is 1. The third kappa shape index (κ3) is 36.8. The number of amides is 12. The Morgan fingerprint density at radius 3 is 1.10 bits per heavy atom. The Kier molecular flexibility index (Phi) is 45.0. The first-order valence-electron chi connectivity index (χ1n) is 43.6. The molecule has 1 saturated carbocycles. The topological polar surface area (TPSA) is 792 Å². The number of aliphatic hydroxyl groups is 2. The summed E-state index contributed by atoms with van der Waals surface area (Å²) in [5.41, 5.74) is 40.9. The van der Waals surface area contributed by atoms with E-state index in [4.69, 9.17) is 67.2 Å². The number of aromatic nitrogens is 1. The number of primary amides is 1. The Morgan fingerprint density at radius 2 is 0.696 bits per heavy atom. The van der Waals surface area contributed by atoms with Crippen LogP contribution in [0.1, 0.15) is 132 Å². The molecule has 5 aromatic rings. The van der Waals surface area contributed by atoms with Crippen molar-refractivity contribution in [1.29, 1.82) is 27.0 Å². The third-order valence-electron chi connectivity index (χ3n) is 21.9. The van der Waals surface area contributed by atoms with E-state index in [1.165, 1.54) is 6.20 Å². The van der Waals surface area contributed by atoms with Gasteiger partial charge in [-0.05, 0) is 118 Å². The van der Waals surface area contributed by atoms with Crippen LogP contribution in [0.15, 0.2) is 85.1 Å². The molecule has 0 bridgehead atoms. The molecule has 738 valence electrons. The number of H-pyrrole nitrogens is 1. The van der Waals surface area contributed by atoms with E-state index in [9.17, 15) is 62.9 Å². The molecule has 6 rings (SSSR count). The molecule has 0 aliphatic heterocycles. The van der Waals surface area contributed by atoms with Gasteiger partial charge in [-0.1, -0.05) is 105 Å². The van der Waals surface area contributed by atoms with Crippen molar-refractivity contribution in [3.05, 3.63) is 131 Å². The van der Waals surface area contributed by atoms with Crippen LogP contribution in [0.3, 0.4) is 0 Å². The average molecular weight is 1900 g/mol. The molecule has 45 nitrogen and oxygen atoms in total. The highest BCUT2D eigenvalue weighted by Gasteiger charge is 2.40. The Labute approximate surface area is 772 Å². The maximum Gasteiger partial charge on any atom is 0.326 e. The van der Waals surface area contributed by atoms with Gasteiger partial charge in [-0.3, -0.25) is 84.6 Å². The number of guanidine groups is 5. The fraction of sp³-hybridized carbons (Fsp3) is 0.482. The highest BCUT2D eigenvalue weighted by molar-refractivity contribution is 6.00. The van der Waals surface area contributed by atoms with Crippen molar-refractivity contribution >= 4 is 118 Å². The lowest BCUT2D eigenvalue weighted by molar-refractivity contribution is -0.142. The predicted molar refractivity (Wildman–Crippen MR) is 484 cm³/mol. The number of aliphatic hydroxyl groups excluding tert-OH is 2. The van der Waals surface area contributed by atoms with Crippen molar-refractivity contribution in [2.45, 2.75) is 207 Å². The Morgan fingerprint density at radius 1 is 0.370 bits per heavy atom. The molecule has 1 heterocycles. The zero-order valence-electron chi connectivity index (χ0n) is 74.0. The normalized spacial score (nSPS) is 14.5. The van der Waals surface area contributed by atoms with Gasteiger partial charge in [0.15, 0.2) is 53.1 Å². The molecule has 0 unspecified atom stereocenters. The van der Waals surface area contributed by atoms with Gasteiger partial charge in [-0.15, -0.1) is 0 Å². The second-order valence-electron chi connectivity index (χ2n) is 32.2. The number of carbonyl (C=O) groups excluding carboxylic acids is 12. The van der Waals surface area contributed by atoms with Crippen molar-refractivity contribution in [3.63, 3.8) is 0 Å². The second-order valence-corrected chi connectivity index (χ2v) is 32.2. The van der Waals surface area contributed by atoms with Crippen LogP contribution in [0.2, 0.25) is 0 Å². The fourth-order valence-corrected chi connectivity index (χ4v) is 14.7. The molecule has 0 spiro atoms. The molecule has 1 aliphatic carbocycles. The molecule has 39 N–H and O–H groups in total. The molecular weight excluding hydrogens is 1780 g/mol. The summed E-state index contributed by atoms with van der Waals surface area (Å²) in [5.74, 6) is -31.5. The Balaban J connectivity index is 1.33. The maximum absolute atomic E-state index is 16.0. The summed E-state index contributed by atoms with van der Waals surface area (Å²) < 4.78 is 77.2. The monoisotopic (exact) mass is 1900 g/mol. The summed E-state index contributed by atoms with van der Waals surface area (Å²) in [6.07, 6.45) is -1.50. The lowest BCUT2D eigenvalue weighted by atomic mass is 9.84. The number of carbonyl (C=O) groups is 13. The van der Waals surface area contributed by atoms with Crippen LogP contribution in [0.4, 0.5) is 22.0 Å². The molecule has 50 heteroatoms. The van der Waals surface area contributed by atoms with Crippen LogP contribution in [0.25, 0.3) is 22.0 Å². The quantitative estimate of drug-likeness (QED) is 0.00439. The number of fused-ring (bicyclic) bond motifs is 1. The Bertz CT molecular complexity index is 4930. The van der Waals surface area contributed by atoms with Gasteiger partial charge in [0, 0.05) is 74.6 Å². The third-order valence-corrected chi connectivity index (χ3v) is 21.9. The fourth-order valence-electron chi connectivity index (χ4n) is 14.7. The van der Waals surface area contributed by atoms with Crippen LogP contribution in [0, 0.1) is 62.1 Å². The number of aromatic amines is 1. The van der Waals surface area contributed by atoms with Crippen LogP contribution in [0.5, 0.6) is 0 Å². The minimum absolute atomic E-state index is 0.00325. The minimum Gasteiger partial charge on any atom is -0.480 e. The van der Waals surface area contributed by atoms with Crippen molar-refractivity contribution in [3.8, 4) is 11.1 Å². The summed E-state index contributed by atoms with van der Waals surface area (Å²) in [5, 5.41) is 109. The van der Waals surface area contributed by atoms with Gasteiger partial charge in [0.25, 0.3) is 0 Å². The molecular formula is C85H122F5N29O16. The molecule has 4 aromatic carbocycles. The van der Waals surface area contributed by atoms with Crippen LogP contribution in [-0.4, -0.2) is 245 Å². The zero-order chi connectivity index (χ0) is 99.5. The van der Waals surface area contributed by atoms with E-state index in [2.05, 4.69) is 90.1 Å². The number of hydrogen-bond donors (Lipinski definition) is 32. The van der Waals surface area contributed by atoms with Gasteiger partial charge in [0.05, 0.1) is 19.3 Å². The van der Waals surface area contributed by atoms with Gasteiger partial charge in [-0.25, -0.2) is 26.7 Å². The van der Waals surface area contributed by atoms with E-state index >= 15 is 36.7 Å². The first kappa shape index (κ1) is 109. The molecule has 1 aromatic heterocycles. The van der Waals surface area contributed by atoms with Gasteiger partial charge < -0.3 is 146 Å². The first-order valence-corrected chi connectivity index (χ1v) is 43.6. The predicted octanol–water partition coefficient (Wildman–Crippen LogP) is -4.16. The average Bonchev–Trinajstić information content (AvgIpc) is 1.30. The van der Waals surface area contributed by atoms with E-state index < -0.39 is 271 Å². The van der Waals surface area contributed by atoms with Crippen molar-refractivity contribution in [2.75, 3.05) is 45.9 Å². The van der Waals surface area contributed by atoms with Crippen LogP contribution >= 0.6 is 0 Å². The van der Waals surface area contributed by atoms with E-state index in [1.807, 2.05) is 42.5 Å². The van der Waals surface area contributed by atoms with Crippen molar-refractivity contribution < 1.29 is 99.6 Å². The van der Waals surface area contributed by atoms with E-state index in [-0.39, 0.29) is 96.9 Å². The van der Waals surface area contributed by atoms with Crippen LogP contribution in [-0.2, 0) is 81.6 Å². The van der Waals surface area contributed by atoms with Crippen molar-refractivity contribution in [1.82, 2.24) is 90.1 Å². The van der Waals surface area contributed by atoms with Crippen LogP contribution < -0.4 is 125 Å². The number of halogens is 5. The number of carboxylic acid groups (broad SMARTS) is 1. The van der Waals surface area contributed by atoms with E-state index in [1.54, 1.807) is 36.4 Å². The van der Waals surface area contributed by atoms with Gasteiger partial charge in [0.2, 0.25) is 76.7 Å². The molecule has 1 fully saturated rings. The summed E-state index contributed by atoms with van der Waals surface area (Å²) >= 11 is 0. The summed E-state index contributed by atoms with van der Waals surface area (Å²) in [6.45, 7) is -2.94. The van der Waals surface area contributed by atoms with E-state index in [0.29, 0.717) is 54.1 Å². The van der Waals surface area contributed by atoms with Gasteiger partial charge >= 0.3 is 5.97 Å². The van der Waals surface area contributed by atoms with Crippen molar-refractivity contribution in [2.24, 2.45) is 46.1 Å². The SMILES string of the molecule is N=C(N)NCCC[C@H](NC(=O)[C@@H](CCCNC(=N)N)NC(=O)[C@@H](CCC(N)=O)NC(=O)[C@@H](CCCNC(=N)N)NC(=O)[C@@H](CCCNC(=N)N)NC(=O)[C@@H](CCCNC(=N)N)NC(=O)[C@@H](CC1CCCCC1)NC(=O)[C@@H](Cc1c(F)c(F)c(F)c(F)c1F)NC(=O)[C@@H](CO)NC(=O)[C@@H](Cc1c[nH]c2ccccc12)NC(=O)[C@@H](CO)NC(=O)[C@H](N)Cc1ccc(-c2ccccc2)cc1)C(=O)O. The Hall–Kier alpha value is -14.6. The first-order chi connectivity index (χ1) is 64.2. The summed E-state index contributed by atoms with van der Waals surface area (Å²) in [4.78, 5) is 189. The summed E-state index contributed by atoms with van der Waals surface area (Å²) in [6, 6.07) is 1.23. The number of benzene rings is 4. The maximum atomic E-state index is 16.0. The van der Waals surface area contributed by atoms with Gasteiger partial charge in [-0.2, -0.15) is 0 Å². The molecule has 135 heavy (non-hydrogen) atoms. The summed E-state index contributed by atoms with van der Waals surface area (Å²) in [7, 11) is 0. The standard InChI is InChI=1S/C85H122F5N29O16/c86-64-49(65(87)67(89)68(90)66(64)88)39-60(117-79(133)62(42-121)119-76(130)59(38-47-40-108-51-19-8-7-18-48(47)51)116-78(132)61(41-120)118-69(123)50(91)36-44-25-27-46(28-26-44)45-16-5-2-6-17-45)77(131)115-58(37-43-14-3-1-4-15-43)75(129)112-54(22-11-33-105-83(97)98)71(125)109-52(20-9-31-103-81(93)94)70(124)110-53(21-10-32-104-82(95)96)72(126)113-56(29-30-63(92)122)74(128)111-55(23-12-34-106-84(99)100)73(127)114-57(80(134)135)24-13-35-107-85(101)102/h2,5-8,16-19,25-28,40,43,50,52-62,108,120-121H,1,3-4,9-15,20-24,29-39,41-42,91H2,(H2,92,122)(H,109,125)(H,110,124)(H,111,128)(H,112,129)(H,113,126)(H,114,127)(H,115,131)(H,116,132)(H,117,133)(H,118,123)(H,119,130)(H,134,135)(H4,93,94,103)(H4,95,96,104)(H4,97,98,105)(H4,99,100,106)(H4,101,102,107)/t50-,52-,53-,54-,55-,56-,57+,58-,59-,60-,61-,62-/m1/s1. The lowest BCUT2D eigenvalue weighted by Crippen LogP contribution is -2.62. The molecule has 1 aliphatic rings.